The fourth-order valence-electron chi connectivity index (χ4n) is 3.46. The molecule has 2 N–H and O–H groups in total. The van der Waals surface area contributed by atoms with E-state index in [1.54, 1.807) is 0 Å². The number of para-hydroxylation sites is 1. The van der Waals surface area contributed by atoms with Crippen molar-refractivity contribution in [2.45, 2.75) is 32.1 Å². The molecule has 3 nitrogen and oxygen atoms in total. The van der Waals surface area contributed by atoms with Gasteiger partial charge < -0.3 is 10.3 Å². The van der Waals surface area contributed by atoms with Crippen molar-refractivity contribution in [1.29, 1.82) is 0 Å². The van der Waals surface area contributed by atoms with Crippen molar-refractivity contribution in [2.75, 3.05) is 5.32 Å². The normalized spacial score (nSPS) is 13.2. The molecule has 23 heavy (non-hydrogen) atoms. The Kier molecular flexibility index (Phi) is 3.62. The van der Waals surface area contributed by atoms with E-state index in [2.05, 4.69) is 34.6 Å². The van der Waals surface area contributed by atoms with Gasteiger partial charge in [-0.2, -0.15) is 0 Å². The minimum absolute atomic E-state index is 0.0771. The van der Waals surface area contributed by atoms with Crippen molar-refractivity contribution in [1.82, 2.24) is 4.98 Å². The van der Waals surface area contributed by atoms with Crippen LogP contribution in [-0.2, 0) is 24.1 Å². The smallest absolute Gasteiger partial charge is 0.224 e. The molecule has 0 fully saturated rings. The number of aryl methyl sites for hydroxylation is 3. The summed E-state index contributed by atoms with van der Waals surface area (Å²) in [5.74, 6) is 0.0771. The molecule has 3 heteroatoms. The van der Waals surface area contributed by atoms with E-state index >= 15 is 0 Å². The number of hydrogen-bond acceptors (Lipinski definition) is 1. The Hall–Kier alpha value is -2.55. The van der Waals surface area contributed by atoms with Crippen LogP contribution in [0.15, 0.2) is 48.7 Å². The first-order valence-corrected chi connectivity index (χ1v) is 8.26. The number of H-pyrrole nitrogens is 1. The van der Waals surface area contributed by atoms with Crippen molar-refractivity contribution >= 4 is 22.5 Å². The number of hydrogen-bond donors (Lipinski definition) is 2. The Bertz CT molecular complexity index is 863. The molecule has 2 aromatic carbocycles. The summed E-state index contributed by atoms with van der Waals surface area (Å²) in [5, 5.41) is 4.24. The summed E-state index contributed by atoms with van der Waals surface area (Å²) < 4.78 is 0. The van der Waals surface area contributed by atoms with Gasteiger partial charge >= 0.3 is 0 Å². The maximum atomic E-state index is 12.2. The SMILES string of the molecule is O=C(CCc1c[nH]c2ccccc12)Nc1ccc2c(c1)CCC2. The van der Waals surface area contributed by atoms with E-state index in [1.165, 1.54) is 34.9 Å². The van der Waals surface area contributed by atoms with Crippen LogP contribution in [0.25, 0.3) is 10.9 Å². The Labute approximate surface area is 135 Å². The van der Waals surface area contributed by atoms with Gasteiger partial charge in [-0.25, -0.2) is 0 Å². The van der Waals surface area contributed by atoms with E-state index in [1.807, 2.05) is 24.4 Å². The molecule has 4 rings (SSSR count). The summed E-state index contributed by atoms with van der Waals surface area (Å²) in [6.45, 7) is 0. The van der Waals surface area contributed by atoms with Gasteiger partial charge in [-0.15, -0.1) is 0 Å². The van der Waals surface area contributed by atoms with Crippen LogP contribution < -0.4 is 5.32 Å². The molecule has 0 spiro atoms. The number of benzene rings is 2. The molecule has 1 aliphatic rings. The topological polar surface area (TPSA) is 44.9 Å². The van der Waals surface area contributed by atoms with Crippen LogP contribution in [0.4, 0.5) is 5.69 Å². The van der Waals surface area contributed by atoms with Crippen LogP contribution in [0, 0.1) is 0 Å². The Morgan fingerprint density at radius 2 is 1.96 bits per heavy atom. The van der Waals surface area contributed by atoms with Crippen LogP contribution in [0.1, 0.15) is 29.5 Å². The van der Waals surface area contributed by atoms with Gasteiger partial charge in [0.2, 0.25) is 5.91 Å². The maximum Gasteiger partial charge on any atom is 0.224 e. The number of nitrogens with one attached hydrogen (secondary N) is 2. The van der Waals surface area contributed by atoms with Crippen molar-refractivity contribution in [2.24, 2.45) is 0 Å². The van der Waals surface area contributed by atoms with Gasteiger partial charge in [0.1, 0.15) is 0 Å². The van der Waals surface area contributed by atoms with Gasteiger partial charge in [-0.3, -0.25) is 4.79 Å². The second-order valence-corrected chi connectivity index (χ2v) is 6.24. The van der Waals surface area contributed by atoms with E-state index in [4.69, 9.17) is 0 Å². The van der Waals surface area contributed by atoms with Gasteiger partial charge in [-0.1, -0.05) is 24.3 Å². The average molecular weight is 304 g/mol. The zero-order chi connectivity index (χ0) is 15.6. The first-order valence-electron chi connectivity index (χ1n) is 8.26. The van der Waals surface area contributed by atoms with Crippen molar-refractivity contribution < 1.29 is 4.79 Å². The van der Waals surface area contributed by atoms with Crippen molar-refractivity contribution in [3.05, 3.63) is 65.4 Å². The van der Waals surface area contributed by atoms with Gasteiger partial charge in [0.25, 0.3) is 0 Å². The third kappa shape index (κ3) is 2.87. The van der Waals surface area contributed by atoms with Crippen LogP contribution in [-0.4, -0.2) is 10.9 Å². The second-order valence-electron chi connectivity index (χ2n) is 6.24. The number of fused-ring (bicyclic) bond motifs is 2. The molecule has 0 saturated carbocycles. The third-order valence-corrected chi connectivity index (χ3v) is 4.68. The summed E-state index contributed by atoms with van der Waals surface area (Å²) >= 11 is 0. The highest BCUT2D eigenvalue weighted by Crippen LogP contribution is 2.25. The first-order chi connectivity index (χ1) is 11.3. The summed E-state index contributed by atoms with van der Waals surface area (Å²) in [6.07, 6.45) is 6.79. The zero-order valence-electron chi connectivity index (χ0n) is 13.1. The lowest BCUT2D eigenvalue weighted by atomic mass is 10.1. The van der Waals surface area contributed by atoms with E-state index in [-0.39, 0.29) is 5.91 Å². The van der Waals surface area contributed by atoms with Gasteiger partial charge in [0.05, 0.1) is 0 Å². The quantitative estimate of drug-likeness (QED) is 0.744. The van der Waals surface area contributed by atoms with E-state index < -0.39 is 0 Å². The van der Waals surface area contributed by atoms with E-state index in [0.29, 0.717) is 6.42 Å². The molecule has 0 unspecified atom stereocenters. The number of rotatable bonds is 4. The molecule has 0 bridgehead atoms. The number of aromatic nitrogens is 1. The Balaban J connectivity index is 1.40. The van der Waals surface area contributed by atoms with Crippen molar-refractivity contribution in [3.8, 4) is 0 Å². The standard InChI is InChI=1S/C20H20N2O/c23-20(22-17-10-8-14-4-3-5-15(14)12-17)11-9-16-13-21-19-7-2-1-6-18(16)19/h1-2,6-8,10,12-13,21H,3-5,9,11H2,(H,22,23). The Morgan fingerprint density at radius 3 is 2.91 bits per heavy atom. The summed E-state index contributed by atoms with van der Waals surface area (Å²) in [6, 6.07) is 14.5. The number of amides is 1. The average Bonchev–Trinajstić information content (AvgIpc) is 3.19. The second kappa shape index (κ2) is 5.92. The number of aromatic amines is 1. The lowest BCUT2D eigenvalue weighted by molar-refractivity contribution is -0.116. The molecular formula is C20H20N2O. The van der Waals surface area contributed by atoms with Gasteiger partial charge in [-0.05, 0) is 60.6 Å². The largest absolute Gasteiger partial charge is 0.361 e. The summed E-state index contributed by atoms with van der Waals surface area (Å²) in [7, 11) is 0. The fraction of sp³-hybridized carbons (Fsp3) is 0.250. The molecule has 0 saturated heterocycles. The monoisotopic (exact) mass is 304 g/mol. The minimum Gasteiger partial charge on any atom is -0.361 e. The molecule has 1 amide bonds. The van der Waals surface area contributed by atoms with E-state index in [0.717, 1.165) is 24.0 Å². The minimum atomic E-state index is 0.0771. The molecule has 0 aliphatic heterocycles. The predicted octanol–water partition coefficient (Wildman–Crippen LogP) is 4.23. The Morgan fingerprint density at radius 1 is 1.09 bits per heavy atom. The van der Waals surface area contributed by atoms with Crippen LogP contribution in [0.5, 0.6) is 0 Å². The van der Waals surface area contributed by atoms with Gasteiger partial charge in [0.15, 0.2) is 0 Å². The lowest BCUT2D eigenvalue weighted by Crippen LogP contribution is -2.12. The molecule has 1 aromatic heterocycles. The van der Waals surface area contributed by atoms with Crippen LogP contribution in [0.2, 0.25) is 0 Å². The highest BCUT2D eigenvalue weighted by Gasteiger charge is 2.12. The zero-order valence-corrected chi connectivity index (χ0v) is 13.1. The van der Waals surface area contributed by atoms with Gasteiger partial charge in [0, 0.05) is 29.2 Å². The summed E-state index contributed by atoms with van der Waals surface area (Å²) in [5.41, 5.74) is 6.07. The van der Waals surface area contributed by atoms with E-state index in [9.17, 15) is 4.79 Å². The molecule has 116 valence electrons. The summed E-state index contributed by atoms with van der Waals surface area (Å²) in [4.78, 5) is 15.5. The fourth-order valence-corrected chi connectivity index (χ4v) is 3.46. The highest BCUT2D eigenvalue weighted by atomic mass is 16.1. The maximum absolute atomic E-state index is 12.2. The van der Waals surface area contributed by atoms with Crippen LogP contribution in [0.3, 0.4) is 0 Å². The third-order valence-electron chi connectivity index (χ3n) is 4.68. The molecule has 0 atom stereocenters. The van der Waals surface area contributed by atoms with Crippen molar-refractivity contribution in [3.63, 3.8) is 0 Å². The number of carbonyl (C=O) groups excluding carboxylic acids is 1. The lowest BCUT2D eigenvalue weighted by Gasteiger charge is -2.07. The molecule has 0 radical (unpaired) electrons. The highest BCUT2D eigenvalue weighted by molar-refractivity contribution is 5.91. The molecule has 1 heterocycles. The molecule has 1 aliphatic carbocycles. The molecule has 3 aromatic rings. The predicted molar refractivity (Wildman–Crippen MR) is 93.7 cm³/mol. The van der Waals surface area contributed by atoms with Crippen LogP contribution >= 0.6 is 0 Å². The molecular weight excluding hydrogens is 284 g/mol. The first kappa shape index (κ1) is 14.1. The number of carbonyl (C=O) groups is 1. The number of anilines is 1.